The molecule has 2 aromatic carbocycles. The Morgan fingerprint density at radius 3 is 2.65 bits per heavy atom. The first kappa shape index (κ1) is 25.5. The average Bonchev–Trinajstić information content (AvgIpc) is 3.23. The molecule has 192 valence electrons. The normalized spacial score (nSPS) is 19.0. The summed E-state index contributed by atoms with van der Waals surface area (Å²) in [6, 6.07) is 14.0. The number of nitrogens with one attached hydrogen (secondary N) is 2. The monoisotopic (exact) mass is 537 g/mol. The quantitative estimate of drug-likeness (QED) is 0.523. The molecule has 5 rings (SSSR count). The molecule has 8 nitrogen and oxygen atoms in total. The summed E-state index contributed by atoms with van der Waals surface area (Å²) in [4.78, 5) is 49.2. The zero-order valence-corrected chi connectivity index (χ0v) is 21.9. The summed E-state index contributed by atoms with van der Waals surface area (Å²) in [5.74, 6) is 0.0409. The van der Waals surface area contributed by atoms with Crippen molar-refractivity contribution in [1.29, 1.82) is 0 Å². The van der Waals surface area contributed by atoms with Gasteiger partial charge in [0.2, 0.25) is 11.8 Å². The molecule has 1 atom stereocenters. The molecule has 0 saturated heterocycles. The van der Waals surface area contributed by atoms with Crippen molar-refractivity contribution in [2.45, 2.75) is 57.0 Å². The number of nitrogens with zero attached hydrogens (tertiary/aromatic N) is 3. The van der Waals surface area contributed by atoms with Crippen molar-refractivity contribution < 1.29 is 14.4 Å². The molecule has 1 fully saturated rings. The third-order valence-corrected chi connectivity index (χ3v) is 7.85. The van der Waals surface area contributed by atoms with Crippen molar-refractivity contribution >= 4 is 63.5 Å². The number of halogens is 1. The largest absolute Gasteiger partial charge is 0.353 e. The maximum atomic E-state index is 13.0. The third-order valence-electron chi connectivity index (χ3n) is 6.66. The highest BCUT2D eigenvalue weighted by molar-refractivity contribution is 8.14. The van der Waals surface area contributed by atoms with Gasteiger partial charge >= 0.3 is 0 Å². The fraction of sp³-hybridized carbons (Fsp3) is 0.370. The number of rotatable bonds is 7. The summed E-state index contributed by atoms with van der Waals surface area (Å²) in [5.41, 5.74) is 2.06. The lowest BCUT2D eigenvalue weighted by Crippen LogP contribution is -2.44. The number of benzene rings is 2. The number of para-hydroxylation sites is 1. The van der Waals surface area contributed by atoms with E-state index in [-0.39, 0.29) is 35.9 Å². The number of hydrogen-bond donors (Lipinski definition) is 2. The molecule has 3 amide bonds. The number of amidine groups is 2. The Morgan fingerprint density at radius 2 is 1.84 bits per heavy atom. The van der Waals surface area contributed by atoms with Gasteiger partial charge in [0.15, 0.2) is 5.17 Å². The Bertz CT molecular complexity index is 1270. The van der Waals surface area contributed by atoms with Crippen molar-refractivity contribution in [3.63, 3.8) is 0 Å². The number of thioether (sulfide) groups is 1. The van der Waals surface area contributed by atoms with E-state index in [2.05, 4.69) is 15.6 Å². The topological polar surface area (TPSA) is 103 Å². The standard InChI is InChI=1S/C27H28ClN5O3S/c28-17-7-6-10-19(15-17)30-24(35)16-37-27-31-21-12-5-4-11-20(21)25-32-26(36)22(33(25)27)13-14-23(34)29-18-8-2-1-3-9-18/h4-7,10-12,15,18,22H,1-3,8-9,13-14,16H2,(H,29,34)(H,30,35). The lowest BCUT2D eigenvalue weighted by Gasteiger charge is -2.31. The number of hydrogen-bond acceptors (Lipinski definition) is 6. The molecule has 37 heavy (non-hydrogen) atoms. The SMILES string of the molecule is O=C(CSC1=Nc2ccccc2C2=NC(=O)C(CCC(=O)NC3CCCCC3)N12)Nc1cccc(Cl)c1. The first-order chi connectivity index (χ1) is 18.0. The lowest BCUT2D eigenvalue weighted by atomic mass is 9.95. The minimum absolute atomic E-state index is 0.0439. The molecule has 0 radical (unpaired) electrons. The molecule has 2 aliphatic heterocycles. The molecular formula is C27H28ClN5O3S. The van der Waals surface area contributed by atoms with Crippen LogP contribution in [0.2, 0.25) is 5.02 Å². The molecule has 0 bridgehead atoms. The second kappa shape index (κ2) is 11.5. The molecular weight excluding hydrogens is 510 g/mol. The van der Waals surface area contributed by atoms with Crippen molar-refractivity contribution in [3.05, 3.63) is 59.1 Å². The van der Waals surface area contributed by atoms with Crippen LogP contribution in [0.25, 0.3) is 0 Å². The van der Waals surface area contributed by atoms with Gasteiger partial charge in [0.05, 0.1) is 11.4 Å². The van der Waals surface area contributed by atoms with Crippen LogP contribution >= 0.6 is 23.4 Å². The molecule has 2 N–H and O–H groups in total. The summed E-state index contributed by atoms with van der Waals surface area (Å²) >= 11 is 7.25. The summed E-state index contributed by atoms with van der Waals surface area (Å²) in [5, 5.41) is 7.00. The first-order valence-corrected chi connectivity index (χ1v) is 13.9. The van der Waals surface area contributed by atoms with E-state index in [4.69, 9.17) is 16.6 Å². The minimum Gasteiger partial charge on any atom is -0.353 e. The summed E-state index contributed by atoms with van der Waals surface area (Å²) in [6.07, 6.45) is 6.05. The average molecular weight is 538 g/mol. The first-order valence-electron chi connectivity index (χ1n) is 12.6. The van der Waals surface area contributed by atoms with Crippen molar-refractivity contribution in [3.8, 4) is 0 Å². The predicted molar refractivity (Wildman–Crippen MR) is 147 cm³/mol. The van der Waals surface area contributed by atoms with E-state index in [1.54, 1.807) is 29.2 Å². The van der Waals surface area contributed by atoms with Gasteiger partial charge < -0.3 is 10.6 Å². The Kier molecular flexibility index (Phi) is 7.90. The highest BCUT2D eigenvalue weighted by atomic mass is 35.5. The summed E-state index contributed by atoms with van der Waals surface area (Å²) in [7, 11) is 0. The third kappa shape index (κ3) is 6.05. The Labute approximate surface area is 225 Å². The maximum absolute atomic E-state index is 13.0. The summed E-state index contributed by atoms with van der Waals surface area (Å²) < 4.78 is 0. The van der Waals surface area contributed by atoms with Gasteiger partial charge in [-0.1, -0.05) is 60.8 Å². The Hall–Kier alpha value is -3.17. The van der Waals surface area contributed by atoms with Crippen molar-refractivity contribution in [1.82, 2.24) is 10.2 Å². The van der Waals surface area contributed by atoms with Gasteiger partial charge in [-0.2, -0.15) is 4.99 Å². The van der Waals surface area contributed by atoms with Gasteiger partial charge in [-0.05, 0) is 49.6 Å². The molecule has 2 aromatic rings. The number of aliphatic imine (C=N–C) groups is 2. The van der Waals surface area contributed by atoms with E-state index >= 15 is 0 Å². The highest BCUT2D eigenvalue weighted by Gasteiger charge is 2.41. The Morgan fingerprint density at radius 1 is 1.03 bits per heavy atom. The van der Waals surface area contributed by atoms with E-state index in [0.717, 1.165) is 31.2 Å². The van der Waals surface area contributed by atoms with Crippen molar-refractivity contribution in [2.24, 2.45) is 9.98 Å². The zero-order valence-electron chi connectivity index (χ0n) is 20.3. The van der Waals surface area contributed by atoms with Gasteiger partial charge in [0.1, 0.15) is 11.9 Å². The van der Waals surface area contributed by atoms with Crippen LogP contribution in [0.4, 0.5) is 11.4 Å². The molecule has 10 heteroatoms. The van der Waals surface area contributed by atoms with Crippen LogP contribution in [0, 0.1) is 0 Å². The highest BCUT2D eigenvalue weighted by Crippen LogP contribution is 2.35. The molecule has 0 aromatic heterocycles. The molecule has 1 aliphatic carbocycles. The van der Waals surface area contributed by atoms with E-state index in [1.807, 2.05) is 24.3 Å². The van der Waals surface area contributed by atoms with Crippen molar-refractivity contribution in [2.75, 3.05) is 11.1 Å². The van der Waals surface area contributed by atoms with Crippen LogP contribution in [0.15, 0.2) is 58.5 Å². The molecule has 0 spiro atoms. The lowest BCUT2D eigenvalue weighted by molar-refractivity contribution is -0.123. The van der Waals surface area contributed by atoms with Crippen LogP contribution in [-0.4, -0.2) is 51.5 Å². The van der Waals surface area contributed by atoms with E-state index in [9.17, 15) is 14.4 Å². The summed E-state index contributed by atoms with van der Waals surface area (Å²) in [6.45, 7) is 0. The number of anilines is 1. The second-order valence-corrected chi connectivity index (χ2v) is 10.7. The van der Waals surface area contributed by atoms with Gasteiger partial charge in [0, 0.05) is 28.7 Å². The van der Waals surface area contributed by atoms with E-state index < -0.39 is 6.04 Å². The molecule has 1 unspecified atom stereocenters. The van der Waals surface area contributed by atoms with Crippen LogP contribution in [-0.2, 0) is 14.4 Å². The van der Waals surface area contributed by atoms with Crippen LogP contribution in [0.5, 0.6) is 0 Å². The predicted octanol–water partition coefficient (Wildman–Crippen LogP) is 4.90. The van der Waals surface area contributed by atoms with Crippen LogP contribution < -0.4 is 10.6 Å². The number of fused-ring (bicyclic) bond motifs is 3. The molecule has 1 saturated carbocycles. The van der Waals surface area contributed by atoms with Gasteiger partial charge in [-0.3, -0.25) is 19.3 Å². The number of amides is 3. The number of carbonyl (C=O) groups is 3. The van der Waals surface area contributed by atoms with Crippen LogP contribution in [0.3, 0.4) is 0 Å². The van der Waals surface area contributed by atoms with E-state index in [0.29, 0.717) is 33.8 Å². The van der Waals surface area contributed by atoms with Gasteiger partial charge in [-0.25, -0.2) is 4.99 Å². The molecule has 2 heterocycles. The fourth-order valence-electron chi connectivity index (χ4n) is 4.88. The molecule has 3 aliphatic rings. The van der Waals surface area contributed by atoms with Crippen LogP contribution in [0.1, 0.15) is 50.5 Å². The minimum atomic E-state index is -0.636. The fourth-order valence-corrected chi connectivity index (χ4v) is 5.92. The van der Waals surface area contributed by atoms with Gasteiger partial charge in [0.25, 0.3) is 5.91 Å². The Balaban J connectivity index is 1.28. The zero-order chi connectivity index (χ0) is 25.8. The second-order valence-electron chi connectivity index (χ2n) is 9.36. The van der Waals surface area contributed by atoms with E-state index in [1.165, 1.54) is 18.2 Å². The smallest absolute Gasteiger partial charge is 0.270 e. The van der Waals surface area contributed by atoms with Gasteiger partial charge in [-0.15, -0.1) is 0 Å². The number of carbonyl (C=O) groups excluding carboxylic acids is 3. The maximum Gasteiger partial charge on any atom is 0.270 e.